The molecule has 21 heavy (non-hydrogen) atoms. The number of carbonyl (C=O) groups excluding carboxylic acids is 1. The normalized spacial score (nSPS) is 10.7. The molecule has 4 heteroatoms. The fraction of sp³-hybridized carbons (Fsp3) is 0.353. The summed E-state index contributed by atoms with van der Waals surface area (Å²) in [6.45, 7) is 8.54. The van der Waals surface area contributed by atoms with Gasteiger partial charge in [-0.25, -0.2) is 0 Å². The SMILES string of the molecule is Cc1ccc(OCc2csc(C(=O)NC(C)C)c2)cc1C. The van der Waals surface area contributed by atoms with Gasteiger partial charge in [0.1, 0.15) is 12.4 Å². The van der Waals surface area contributed by atoms with Crippen LogP contribution in [-0.4, -0.2) is 11.9 Å². The van der Waals surface area contributed by atoms with Gasteiger partial charge in [-0.15, -0.1) is 11.3 Å². The summed E-state index contributed by atoms with van der Waals surface area (Å²) in [4.78, 5) is 12.6. The van der Waals surface area contributed by atoms with Crippen molar-refractivity contribution in [1.29, 1.82) is 0 Å². The molecule has 0 aliphatic heterocycles. The molecule has 0 radical (unpaired) electrons. The molecule has 0 saturated carbocycles. The lowest BCUT2D eigenvalue weighted by atomic mass is 10.1. The van der Waals surface area contributed by atoms with E-state index in [9.17, 15) is 4.79 Å². The number of nitrogens with one attached hydrogen (secondary N) is 1. The number of aryl methyl sites for hydroxylation is 2. The molecule has 0 atom stereocenters. The number of carbonyl (C=O) groups is 1. The molecule has 0 aliphatic rings. The van der Waals surface area contributed by atoms with E-state index in [1.807, 2.05) is 37.4 Å². The van der Waals surface area contributed by atoms with Gasteiger partial charge in [0.25, 0.3) is 5.91 Å². The van der Waals surface area contributed by atoms with Crippen LogP contribution in [0.5, 0.6) is 5.75 Å². The Morgan fingerprint density at radius 1 is 1.24 bits per heavy atom. The number of benzene rings is 1. The maximum absolute atomic E-state index is 11.9. The topological polar surface area (TPSA) is 38.3 Å². The molecule has 0 bridgehead atoms. The van der Waals surface area contributed by atoms with Crippen molar-refractivity contribution in [2.75, 3.05) is 0 Å². The molecule has 112 valence electrons. The summed E-state index contributed by atoms with van der Waals surface area (Å²) < 4.78 is 5.78. The molecule has 1 aromatic heterocycles. The second-order valence-electron chi connectivity index (χ2n) is 5.48. The minimum atomic E-state index is -0.0209. The summed E-state index contributed by atoms with van der Waals surface area (Å²) in [5.74, 6) is 0.838. The molecule has 1 amide bonds. The van der Waals surface area contributed by atoms with Crippen molar-refractivity contribution in [3.05, 3.63) is 51.2 Å². The number of hydrogen-bond donors (Lipinski definition) is 1. The first-order chi connectivity index (χ1) is 9.95. The number of thiophene rings is 1. The molecule has 1 heterocycles. The highest BCUT2D eigenvalue weighted by Crippen LogP contribution is 2.20. The van der Waals surface area contributed by atoms with Crippen LogP contribution < -0.4 is 10.1 Å². The largest absolute Gasteiger partial charge is 0.489 e. The van der Waals surface area contributed by atoms with E-state index in [0.29, 0.717) is 6.61 Å². The Bertz CT molecular complexity index is 631. The zero-order valence-electron chi connectivity index (χ0n) is 12.9. The maximum Gasteiger partial charge on any atom is 0.261 e. The summed E-state index contributed by atoms with van der Waals surface area (Å²) in [5.41, 5.74) is 3.49. The van der Waals surface area contributed by atoms with Gasteiger partial charge in [-0.05, 0) is 62.4 Å². The van der Waals surface area contributed by atoms with Gasteiger partial charge < -0.3 is 10.1 Å². The Balaban J connectivity index is 1.96. The predicted molar refractivity (Wildman–Crippen MR) is 87.2 cm³/mol. The Labute approximate surface area is 130 Å². The smallest absolute Gasteiger partial charge is 0.261 e. The van der Waals surface area contributed by atoms with Gasteiger partial charge in [0, 0.05) is 11.6 Å². The summed E-state index contributed by atoms with van der Waals surface area (Å²) in [5, 5.41) is 4.86. The minimum Gasteiger partial charge on any atom is -0.489 e. The van der Waals surface area contributed by atoms with Gasteiger partial charge >= 0.3 is 0 Å². The van der Waals surface area contributed by atoms with E-state index in [1.54, 1.807) is 0 Å². The first-order valence-corrected chi connectivity index (χ1v) is 7.92. The third-order valence-electron chi connectivity index (χ3n) is 3.18. The van der Waals surface area contributed by atoms with Crippen LogP contribution in [0.25, 0.3) is 0 Å². The molecule has 0 unspecified atom stereocenters. The van der Waals surface area contributed by atoms with E-state index >= 15 is 0 Å². The fourth-order valence-electron chi connectivity index (χ4n) is 1.87. The average Bonchev–Trinajstić information content (AvgIpc) is 2.88. The van der Waals surface area contributed by atoms with Crippen LogP contribution in [0.15, 0.2) is 29.6 Å². The molecule has 3 nitrogen and oxygen atoms in total. The summed E-state index contributed by atoms with van der Waals surface area (Å²) in [6, 6.07) is 8.10. The van der Waals surface area contributed by atoms with Crippen molar-refractivity contribution in [2.45, 2.75) is 40.3 Å². The zero-order valence-corrected chi connectivity index (χ0v) is 13.7. The molecule has 1 N–H and O–H groups in total. The summed E-state index contributed by atoms with van der Waals surface area (Å²) in [7, 11) is 0. The van der Waals surface area contributed by atoms with E-state index in [1.165, 1.54) is 22.5 Å². The molecule has 0 spiro atoms. The van der Waals surface area contributed by atoms with Crippen molar-refractivity contribution >= 4 is 17.2 Å². The van der Waals surface area contributed by atoms with E-state index in [-0.39, 0.29) is 11.9 Å². The van der Waals surface area contributed by atoms with E-state index < -0.39 is 0 Å². The van der Waals surface area contributed by atoms with E-state index in [4.69, 9.17) is 4.74 Å². The van der Waals surface area contributed by atoms with E-state index in [0.717, 1.165) is 16.2 Å². The van der Waals surface area contributed by atoms with Crippen LogP contribution >= 0.6 is 11.3 Å². The second kappa shape index (κ2) is 6.76. The molecular weight excluding hydrogens is 282 g/mol. The third kappa shape index (κ3) is 4.33. The van der Waals surface area contributed by atoms with Crippen molar-refractivity contribution in [1.82, 2.24) is 5.32 Å². The second-order valence-corrected chi connectivity index (χ2v) is 6.39. The van der Waals surface area contributed by atoms with Gasteiger partial charge in [0.15, 0.2) is 0 Å². The first kappa shape index (κ1) is 15.6. The van der Waals surface area contributed by atoms with Gasteiger partial charge in [0.2, 0.25) is 0 Å². The third-order valence-corrected chi connectivity index (χ3v) is 4.16. The highest BCUT2D eigenvalue weighted by atomic mass is 32.1. The van der Waals surface area contributed by atoms with Gasteiger partial charge in [-0.2, -0.15) is 0 Å². The molecule has 0 fully saturated rings. The van der Waals surface area contributed by atoms with Crippen LogP contribution in [0, 0.1) is 13.8 Å². The number of rotatable bonds is 5. The highest BCUT2D eigenvalue weighted by Gasteiger charge is 2.10. The van der Waals surface area contributed by atoms with Crippen molar-refractivity contribution in [3.63, 3.8) is 0 Å². The lowest BCUT2D eigenvalue weighted by Gasteiger charge is -2.07. The fourth-order valence-corrected chi connectivity index (χ4v) is 2.67. The summed E-state index contributed by atoms with van der Waals surface area (Å²) >= 11 is 1.45. The van der Waals surface area contributed by atoms with Crippen LogP contribution in [0.3, 0.4) is 0 Å². The lowest BCUT2D eigenvalue weighted by molar-refractivity contribution is 0.0947. The Morgan fingerprint density at radius 3 is 2.67 bits per heavy atom. The maximum atomic E-state index is 11.9. The van der Waals surface area contributed by atoms with Crippen LogP contribution in [0.2, 0.25) is 0 Å². The monoisotopic (exact) mass is 303 g/mol. The minimum absolute atomic E-state index is 0.0209. The highest BCUT2D eigenvalue weighted by molar-refractivity contribution is 7.12. The lowest BCUT2D eigenvalue weighted by Crippen LogP contribution is -2.29. The summed E-state index contributed by atoms with van der Waals surface area (Å²) in [6.07, 6.45) is 0. The zero-order chi connectivity index (χ0) is 15.4. The van der Waals surface area contributed by atoms with E-state index in [2.05, 4.69) is 25.2 Å². The molecule has 2 aromatic rings. The van der Waals surface area contributed by atoms with Crippen LogP contribution in [-0.2, 0) is 6.61 Å². The molecule has 0 saturated heterocycles. The van der Waals surface area contributed by atoms with Gasteiger partial charge in [0.05, 0.1) is 4.88 Å². The van der Waals surface area contributed by atoms with Gasteiger partial charge in [-0.3, -0.25) is 4.79 Å². The number of ether oxygens (including phenoxy) is 1. The quantitative estimate of drug-likeness (QED) is 0.903. The van der Waals surface area contributed by atoms with Crippen molar-refractivity contribution < 1.29 is 9.53 Å². The number of hydrogen-bond acceptors (Lipinski definition) is 3. The predicted octanol–water partition coefficient (Wildman–Crippen LogP) is 4.08. The Kier molecular flexibility index (Phi) is 5.02. The standard InChI is InChI=1S/C17H21NO2S/c1-11(2)18-17(19)16-8-14(10-21-16)9-20-15-6-5-12(3)13(4)7-15/h5-8,10-11H,9H2,1-4H3,(H,18,19). The molecule has 1 aromatic carbocycles. The van der Waals surface area contributed by atoms with Crippen LogP contribution in [0.4, 0.5) is 0 Å². The molecule has 2 rings (SSSR count). The van der Waals surface area contributed by atoms with Gasteiger partial charge in [-0.1, -0.05) is 6.07 Å². The Hall–Kier alpha value is -1.81. The average molecular weight is 303 g/mol. The Morgan fingerprint density at radius 2 is 2.00 bits per heavy atom. The van der Waals surface area contributed by atoms with Crippen molar-refractivity contribution in [2.24, 2.45) is 0 Å². The molecule has 0 aliphatic carbocycles. The van der Waals surface area contributed by atoms with Crippen LogP contribution in [0.1, 0.15) is 40.2 Å². The van der Waals surface area contributed by atoms with Crippen molar-refractivity contribution in [3.8, 4) is 5.75 Å². The first-order valence-electron chi connectivity index (χ1n) is 7.04. The molecular formula is C17H21NO2S. The number of amides is 1.